The Balaban J connectivity index is 1.79. The van der Waals surface area contributed by atoms with Crippen LogP contribution in [-0.4, -0.2) is 33.1 Å². The number of furan rings is 1. The van der Waals surface area contributed by atoms with Crippen LogP contribution in [0.1, 0.15) is 26.5 Å². The molecule has 3 rings (SSSR count). The molecule has 0 unspecified atom stereocenters. The van der Waals surface area contributed by atoms with E-state index in [1.807, 2.05) is 0 Å². The smallest absolute Gasteiger partial charge is 0.305 e. The van der Waals surface area contributed by atoms with Gasteiger partial charge in [-0.15, -0.1) is 0 Å². The number of hydrogen-bond acceptors (Lipinski definition) is 6. The molecule has 0 fully saturated rings. The van der Waals surface area contributed by atoms with Crippen molar-refractivity contribution >= 4 is 34.4 Å². The van der Waals surface area contributed by atoms with Gasteiger partial charge >= 0.3 is 5.91 Å². The number of aryl methyl sites for hydroxylation is 1. The molecular weight excluding hydrogens is 400 g/mol. The Bertz CT molecular complexity index is 1070. The Kier molecular flexibility index (Phi) is 5.84. The van der Waals surface area contributed by atoms with Crippen molar-refractivity contribution in [2.45, 2.75) is 6.92 Å². The number of nitrogens with one attached hydrogen (secondary N) is 2. The third-order valence-electron chi connectivity index (χ3n) is 4.32. The molecule has 8 nitrogen and oxygen atoms in total. The summed E-state index contributed by atoms with van der Waals surface area (Å²) in [5, 5.41) is 1.25. The Labute approximate surface area is 171 Å². The van der Waals surface area contributed by atoms with E-state index in [1.54, 1.807) is 25.1 Å². The second-order valence-corrected chi connectivity index (χ2v) is 6.46. The van der Waals surface area contributed by atoms with Gasteiger partial charge in [-0.1, -0.05) is 11.6 Å². The monoisotopic (exact) mass is 418 g/mol. The first-order valence-electron chi connectivity index (χ1n) is 8.49. The molecule has 0 aliphatic heterocycles. The van der Waals surface area contributed by atoms with Crippen LogP contribution in [0.15, 0.2) is 34.7 Å². The van der Waals surface area contributed by atoms with Gasteiger partial charge in [-0.25, -0.2) is 0 Å². The zero-order chi connectivity index (χ0) is 21.1. The van der Waals surface area contributed by atoms with Crippen molar-refractivity contribution in [3.63, 3.8) is 0 Å². The van der Waals surface area contributed by atoms with E-state index in [9.17, 15) is 9.59 Å². The van der Waals surface area contributed by atoms with Gasteiger partial charge in [0, 0.05) is 21.5 Å². The first-order chi connectivity index (χ1) is 13.9. The summed E-state index contributed by atoms with van der Waals surface area (Å²) < 4.78 is 21.3. The van der Waals surface area contributed by atoms with Crippen molar-refractivity contribution < 1.29 is 28.2 Å². The van der Waals surface area contributed by atoms with Crippen LogP contribution in [0, 0.1) is 6.92 Å². The van der Waals surface area contributed by atoms with Gasteiger partial charge in [0.1, 0.15) is 5.58 Å². The number of benzene rings is 2. The first-order valence-corrected chi connectivity index (χ1v) is 8.86. The quantitative estimate of drug-likeness (QED) is 0.615. The maximum absolute atomic E-state index is 12.5. The van der Waals surface area contributed by atoms with Crippen LogP contribution in [-0.2, 0) is 0 Å². The second kappa shape index (κ2) is 8.32. The summed E-state index contributed by atoms with van der Waals surface area (Å²) in [6.07, 6.45) is 0. The van der Waals surface area contributed by atoms with Crippen molar-refractivity contribution in [2.24, 2.45) is 0 Å². The van der Waals surface area contributed by atoms with E-state index < -0.39 is 11.8 Å². The lowest BCUT2D eigenvalue weighted by molar-refractivity contribution is 0.0831. The topological polar surface area (TPSA) is 99.0 Å². The molecule has 1 aromatic heterocycles. The lowest BCUT2D eigenvalue weighted by Gasteiger charge is -2.14. The van der Waals surface area contributed by atoms with Gasteiger partial charge in [0.25, 0.3) is 5.91 Å². The number of hydrazine groups is 1. The molecule has 0 bridgehead atoms. The van der Waals surface area contributed by atoms with Gasteiger partial charge in [0.2, 0.25) is 5.75 Å². The highest BCUT2D eigenvalue weighted by Gasteiger charge is 2.20. The maximum Gasteiger partial charge on any atom is 0.305 e. The molecule has 29 heavy (non-hydrogen) atoms. The van der Waals surface area contributed by atoms with Crippen molar-refractivity contribution in [2.75, 3.05) is 21.3 Å². The summed E-state index contributed by atoms with van der Waals surface area (Å²) >= 11 is 5.99. The third kappa shape index (κ3) is 3.93. The maximum atomic E-state index is 12.5. The first kappa shape index (κ1) is 20.3. The van der Waals surface area contributed by atoms with Gasteiger partial charge in [-0.05, 0) is 37.3 Å². The standard InChI is InChI=1S/C20H19ClN2O6/c1-10-13-9-12(21)5-6-14(13)29-17(10)20(25)23-22-19(24)11-7-15(26-2)18(28-4)16(8-11)27-3/h5-9H,1-4H3,(H,22,24)(H,23,25). The Morgan fingerprint density at radius 1 is 0.931 bits per heavy atom. The zero-order valence-corrected chi connectivity index (χ0v) is 17.0. The summed E-state index contributed by atoms with van der Waals surface area (Å²) in [5.74, 6) is -0.119. The van der Waals surface area contributed by atoms with Gasteiger partial charge in [-0.2, -0.15) is 0 Å². The summed E-state index contributed by atoms with van der Waals surface area (Å²) in [6, 6.07) is 7.99. The van der Waals surface area contributed by atoms with E-state index in [0.717, 1.165) is 5.39 Å². The van der Waals surface area contributed by atoms with Crippen LogP contribution < -0.4 is 25.1 Å². The number of carbonyl (C=O) groups excluding carboxylic acids is 2. The zero-order valence-electron chi connectivity index (χ0n) is 16.2. The lowest BCUT2D eigenvalue weighted by atomic mass is 10.1. The molecule has 0 radical (unpaired) electrons. The molecule has 0 aliphatic rings. The molecule has 2 N–H and O–H groups in total. The molecule has 1 heterocycles. The molecule has 2 aromatic carbocycles. The number of amides is 2. The summed E-state index contributed by atoms with van der Waals surface area (Å²) in [5.41, 5.74) is 6.02. The van der Waals surface area contributed by atoms with Crippen molar-refractivity contribution in [3.05, 3.63) is 52.2 Å². The van der Waals surface area contributed by atoms with Gasteiger partial charge in [0.15, 0.2) is 17.3 Å². The molecule has 2 amide bonds. The van der Waals surface area contributed by atoms with E-state index in [1.165, 1.54) is 33.5 Å². The van der Waals surface area contributed by atoms with Crippen LogP contribution in [0.4, 0.5) is 0 Å². The van der Waals surface area contributed by atoms with Crippen LogP contribution in [0.25, 0.3) is 11.0 Å². The molecule has 0 saturated heterocycles. The normalized spacial score (nSPS) is 10.5. The van der Waals surface area contributed by atoms with Crippen LogP contribution in [0.5, 0.6) is 17.2 Å². The van der Waals surface area contributed by atoms with E-state index >= 15 is 0 Å². The number of ether oxygens (including phenoxy) is 3. The third-order valence-corrected chi connectivity index (χ3v) is 4.56. The average molecular weight is 419 g/mol. The van der Waals surface area contributed by atoms with E-state index in [-0.39, 0.29) is 11.3 Å². The highest BCUT2D eigenvalue weighted by Crippen LogP contribution is 2.38. The van der Waals surface area contributed by atoms with Crippen molar-refractivity contribution in [1.29, 1.82) is 0 Å². The Morgan fingerprint density at radius 2 is 1.55 bits per heavy atom. The number of methoxy groups -OCH3 is 3. The average Bonchev–Trinajstić information content (AvgIpc) is 3.06. The Morgan fingerprint density at radius 3 is 2.14 bits per heavy atom. The van der Waals surface area contributed by atoms with Gasteiger partial charge < -0.3 is 18.6 Å². The minimum atomic E-state index is -0.601. The van der Waals surface area contributed by atoms with Crippen molar-refractivity contribution in [3.8, 4) is 17.2 Å². The van der Waals surface area contributed by atoms with Gasteiger partial charge in [0.05, 0.1) is 21.3 Å². The minimum absolute atomic E-state index is 0.0764. The summed E-state index contributed by atoms with van der Waals surface area (Å²) in [4.78, 5) is 25.0. The fourth-order valence-electron chi connectivity index (χ4n) is 2.86. The molecule has 0 aliphatic carbocycles. The molecule has 3 aromatic rings. The SMILES string of the molecule is COc1cc(C(=O)NNC(=O)c2oc3ccc(Cl)cc3c2C)cc(OC)c1OC. The highest BCUT2D eigenvalue weighted by atomic mass is 35.5. The van der Waals surface area contributed by atoms with Gasteiger partial charge in [-0.3, -0.25) is 20.4 Å². The fraction of sp³-hybridized carbons (Fsp3) is 0.200. The van der Waals surface area contributed by atoms with Crippen molar-refractivity contribution in [1.82, 2.24) is 10.9 Å². The molecule has 0 atom stereocenters. The molecule has 0 spiro atoms. The van der Waals surface area contributed by atoms with E-state index in [4.69, 9.17) is 30.2 Å². The molecule has 9 heteroatoms. The highest BCUT2D eigenvalue weighted by molar-refractivity contribution is 6.31. The predicted molar refractivity (Wildman–Crippen MR) is 107 cm³/mol. The van der Waals surface area contributed by atoms with E-state index in [0.29, 0.717) is 33.4 Å². The summed E-state index contributed by atoms with van der Waals surface area (Å²) in [7, 11) is 4.35. The predicted octanol–water partition coefficient (Wildman–Crippen LogP) is 3.50. The molecule has 0 saturated carbocycles. The fourth-order valence-corrected chi connectivity index (χ4v) is 3.04. The lowest BCUT2D eigenvalue weighted by Crippen LogP contribution is -2.41. The summed E-state index contributed by atoms with van der Waals surface area (Å²) in [6.45, 7) is 1.73. The molecule has 152 valence electrons. The number of carbonyl (C=O) groups is 2. The Hall–Kier alpha value is -3.39. The van der Waals surface area contributed by atoms with Crippen LogP contribution >= 0.6 is 11.6 Å². The number of halogens is 1. The van der Waals surface area contributed by atoms with Crippen LogP contribution in [0.2, 0.25) is 5.02 Å². The largest absolute Gasteiger partial charge is 0.493 e. The number of fused-ring (bicyclic) bond motifs is 1. The minimum Gasteiger partial charge on any atom is -0.493 e. The number of hydrogen-bond donors (Lipinski definition) is 2. The second-order valence-electron chi connectivity index (χ2n) is 6.02. The molecular formula is C20H19ClN2O6. The number of rotatable bonds is 5. The van der Waals surface area contributed by atoms with E-state index in [2.05, 4.69) is 10.9 Å². The van der Waals surface area contributed by atoms with Crippen LogP contribution in [0.3, 0.4) is 0 Å².